The standard InChI is InChI=1S/C17H16O/c18-17(14-7-2-1-3-8-14)12-15-11-10-13-6-4-5-9-16(13)15/h1-9,11,17-18H,10,12H2/t17-/m0/s1. The van der Waals surface area contributed by atoms with Gasteiger partial charge < -0.3 is 5.11 Å². The maximum absolute atomic E-state index is 10.3. The first-order valence-corrected chi connectivity index (χ1v) is 6.35. The fraction of sp³-hybridized carbons (Fsp3) is 0.176. The van der Waals surface area contributed by atoms with Crippen LogP contribution in [0, 0.1) is 0 Å². The summed E-state index contributed by atoms with van der Waals surface area (Å²) in [6.07, 6.45) is 3.51. The second-order valence-corrected chi connectivity index (χ2v) is 4.72. The number of aliphatic hydroxyl groups excluding tert-OH is 1. The molecular weight excluding hydrogens is 220 g/mol. The van der Waals surface area contributed by atoms with E-state index in [1.165, 1.54) is 16.7 Å². The van der Waals surface area contributed by atoms with Crippen LogP contribution < -0.4 is 0 Å². The average Bonchev–Trinajstić information content (AvgIpc) is 2.83. The number of aliphatic hydroxyl groups is 1. The van der Waals surface area contributed by atoms with Crippen molar-refractivity contribution in [2.45, 2.75) is 18.9 Å². The van der Waals surface area contributed by atoms with Crippen molar-refractivity contribution in [3.8, 4) is 0 Å². The first-order valence-electron chi connectivity index (χ1n) is 6.35. The van der Waals surface area contributed by atoms with E-state index in [2.05, 4.69) is 30.3 Å². The van der Waals surface area contributed by atoms with E-state index in [9.17, 15) is 5.11 Å². The summed E-state index contributed by atoms with van der Waals surface area (Å²) in [5.74, 6) is 0. The van der Waals surface area contributed by atoms with Gasteiger partial charge in [0.15, 0.2) is 0 Å². The zero-order valence-electron chi connectivity index (χ0n) is 10.2. The Balaban J connectivity index is 1.79. The van der Waals surface area contributed by atoms with Gasteiger partial charge in [0.2, 0.25) is 0 Å². The Bertz CT molecular complexity index is 569. The summed E-state index contributed by atoms with van der Waals surface area (Å²) in [7, 11) is 0. The van der Waals surface area contributed by atoms with E-state index in [1.54, 1.807) is 0 Å². The number of allylic oxidation sites excluding steroid dienone is 1. The minimum absolute atomic E-state index is 0.413. The van der Waals surface area contributed by atoms with Crippen LogP contribution in [0.5, 0.6) is 0 Å². The molecule has 2 aromatic carbocycles. The SMILES string of the molecule is O[C@@H](CC1=CCc2ccccc21)c1ccccc1. The summed E-state index contributed by atoms with van der Waals surface area (Å²) in [5, 5.41) is 10.3. The van der Waals surface area contributed by atoms with Gasteiger partial charge in [-0.05, 0) is 28.7 Å². The van der Waals surface area contributed by atoms with Crippen LogP contribution in [-0.2, 0) is 6.42 Å². The maximum atomic E-state index is 10.3. The Morgan fingerprint density at radius 1 is 0.944 bits per heavy atom. The largest absolute Gasteiger partial charge is 0.388 e. The van der Waals surface area contributed by atoms with Gasteiger partial charge in [0.05, 0.1) is 6.10 Å². The highest BCUT2D eigenvalue weighted by atomic mass is 16.3. The highest BCUT2D eigenvalue weighted by molar-refractivity contribution is 5.73. The number of hydrogen-bond acceptors (Lipinski definition) is 1. The highest BCUT2D eigenvalue weighted by Gasteiger charge is 2.17. The molecule has 0 heterocycles. The topological polar surface area (TPSA) is 20.2 Å². The monoisotopic (exact) mass is 236 g/mol. The lowest BCUT2D eigenvalue weighted by molar-refractivity contribution is 0.184. The maximum Gasteiger partial charge on any atom is 0.0830 e. The summed E-state index contributed by atoms with van der Waals surface area (Å²) < 4.78 is 0. The van der Waals surface area contributed by atoms with Crippen molar-refractivity contribution < 1.29 is 5.11 Å². The molecule has 1 N–H and O–H groups in total. The number of benzene rings is 2. The minimum Gasteiger partial charge on any atom is -0.388 e. The van der Waals surface area contributed by atoms with Gasteiger partial charge in [0.1, 0.15) is 0 Å². The highest BCUT2D eigenvalue weighted by Crippen LogP contribution is 2.33. The quantitative estimate of drug-likeness (QED) is 0.860. The predicted molar refractivity (Wildman–Crippen MR) is 74.1 cm³/mol. The third kappa shape index (κ3) is 2.09. The number of hydrogen-bond donors (Lipinski definition) is 1. The Labute approximate surface area is 107 Å². The number of fused-ring (bicyclic) bond motifs is 1. The van der Waals surface area contributed by atoms with Crippen LogP contribution in [0.1, 0.15) is 29.2 Å². The summed E-state index contributed by atoms with van der Waals surface area (Å²) >= 11 is 0. The Morgan fingerprint density at radius 3 is 2.50 bits per heavy atom. The molecule has 90 valence electrons. The lowest BCUT2D eigenvalue weighted by Gasteiger charge is -2.12. The molecule has 0 bridgehead atoms. The molecule has 0 spiro atoms. The molecule has 0 unspecified atom stereocenters. The molecule has 0 saturated carbocycles. The molecular formula is C17H16O. The predicted octanol–water partition coefficient (Wildman–Crippen LogP) is 3.75. The second-order valence-electron chi connectivity index (χ2n) is 4.72. The van der Waals surface area contributed by atoms with Gasteiger partial charge in [-0.1, -0.05) is 60.7 Å². The molecule has 3 rings (SSSR count). The molecule has 0 aliphatic heterocycles. The van der Waals surface area contributed by atoms with E-state index in [4.69, 9.17) is 0 Å². The molecule has 0 aromatic heterocycles. The molecule has 18 heavy (non-hydrogen) atoms. The van der Waals surface area contributed by atoms with Crippen LogP contribution in [0.2, 0.25) is 0 Å². The molecule has 1 heteroatoms. The van der Waals surface area contributed by atoms with Gasteiger partial charge in [-0.2, -0.15) is 0 Å². The Hall–Kier alpha value is -1.86. The molecule has 0 amide bonds. The van der Waals surface area contributed by atoms with Gasteiger partial charge in [-0.25, -0.2) is 0 Å². The van der Waals surface area contributed by atoms with E-state index in [0.29, 0.717) is 6.42 Å². The zero-order valence-corrected chi connectivity index (χ0v) is 10.2. The Kier molecular flexibility index (Phi) is 2.99. The smallest absolute Gasteiger partial charge is 0.0830 e. The second kappa shape index (κ2) is 4.79. The molecule has 1 aliphatic carbocycles. The van der Waals surface area contributed by atoms with E-state index in [-0.39, 0.29) is 0 Å². The molecule has 0 fully saturated rings. The molecule has 1 aliphatic rings. The van der Waals surface area contributed by atoms with Crippen molar-refractivity contribution in [2.24, 2.45) is 0 Å². The van der Waals surface area contributed by atoms with Gasteiger partial charge in [-0.15, -0.1) is 0 Å². The van der Waals surface area contributed by atoms with Crippen LogP contribution in [0.25, 0.3) is 5.57 Å². The van der Waals surface area contributed by atoms with Gasteiger partial charge in [-0.3, -0.25) is 0 Å². The van der Waals surface area contributed by atoms with E-state index < -0.39 is 6.10 Å². The van der Waals surface area contributed by atoms with Gasteiger partial charge in [0.25, 0.3) is 0 Å². The summed E-state index contributed by atoms with van der Waals surface area (Å²) in [6.45, 7) is 0. The molecule has 2 aromatic rings. The van der Waals surface area contributed by atoms with Crippen LogP contribution in [0.3, 0.4) is 0 Å². The third-order valence-corrected chi connectivity index (χ3v) is 3.53. The molecule has 0 radical (unpaired) electrons. The summed E-state index contributed by atoms with van der Waals surface area (Å²) in [4.78, 5) is 0. The van der Waals surface area contributed by atoms with Crippen molar-refractivity contribution >= 4 is 5.57 Å². The van der Waals surface area contributed by atoms with Crippen LogP contribution >= 0.6 is 0 Å². The van der Waals surface area contributed by atoms with E-state index in [0.717, 1.165) is 12.0 Å². The third-order valence-electron chi connectivity index (χ3n) is 3.53. The number of rotatable bonds is 3. The van der Waals surface area contributed by atoms with Crippen molar-refractivity contribution in [1.29, 1.82) is 0 Å². The fourth-order valence-corrected chi connectivity index (χ4v) is 2.55. The fourth-order valence-electron chi connectivity index (χ4n) is 2.55. The zero-order chi connectivity index (χ0) is 12.4. The molecule has 0 saturated heterocycles. The first-order chi connectivity index (χ1) is 8.84. The van der Waals surface area contributed by atoms with Crippen molar-refractivity contribution in [2.75, 3.05) is 0 Å². The Morgan fingerprint density at radius 2 is 1.67 bits per heavy atom. The summed E-state index contributed by atoms with van der Waals surface area (Å²) in [6, 6.07) is 18.3. The molecule has 1 nitrogen and oxygen atoms in total. The average molecular weight is 236 g/mol. The van der Waals surface area contributed by atoms with Crippen molar-refractivity contribution in [3.05, 3.63) is 77.4 Å². The van der Waals surface area contributed by atoms with E-state index >= 15 is 0 Å². The van der Waals surface area contributed by atoms with Crippen LogP contribution in [0.15, 0.2) is 60.7 Å². The van der Waals surface area contributed by atoms with E-state index in [1.807, 2.05) is 30.3 Å². The normalized spacial score (nSPS) is 15.1. The van der Waals surface area contributed by atoms with Gasteiger partial charge in [0, 0.05) is 6.42 Å². The lowest BCUT2D eigenvalue weighted by Crippen LogP contribution is -1.98. The van der Waals surface area contributed by atoms with Crippen molar-refractivity contribution in [1.82, 2.24) is 0 Å². The minimum atomic E-state index is -0.413. The first kappa shape index (κ1) is 11.2. The van der Waals surface area contributed by atoms with Crippen LogP contribution in [-0.4, -0.2) is 5.11 Å². The lowest BCUT2D eigenvalue weighted by atomic mass is 9.97. The summed E-state index contributed by atoms with van der Waals surface area (Å²) in [5.41, 5.74) is 4.92. The van der Waals surface area contributed by atoms with Crippen LogP contribution in [0.4, 0.5) is 0 Å². The van der Waals surface area contributed by atoms with Gasteiger partial charge >= 0.3 is 0 Å². The molecule has 1 atom stereocenters. The van der Waals surface area contributed by atoms with Crippen molar-refractivity contribution in [3.63, 3.8) is 0 Å².